The topological polar surface area (TPSA) is 59.3 Å². The van der Waals surface area contributed by atoms with Crippen LogP contribution in [0, 0.1) is 0 Å². The summed E-state index contributed by atoms with van der Waals surface area (Å²) >= 11 is 3.02. The summed E-state index contributed by atoms with van der Waals surface area (Å²) < 4.78 is 2.67. The van der Waals surface area contributed by atoms with Crippen molar-refractivity contribution in [3.8, 4) is 0 Å². The first kappa shape index (κ1) is 18.2. The van der Waals surface area contributed by atoms with Gasteiger partial charge in [0.1, 0.15) is 0 Å². The molecule has 0 atom stereocenters. The third kappa shape index (κ3) is 5.71. The quantitative estimate of drug-likeness (QED) is 0.788. The number of benzene rings is 1. The molecule has 5 nitrogen and oxygen atoms in total. The molecule has 0 aliphatic heterocycles. The second-order valence-corrected chi connectivity index (χ2v) is 8.45. The molecule has 1 amide bonds. The predicted molar refractivity (Wildman–Crippen MR) is 103 cm³/mol. The summed E-state index contributed by atoms with van der Waals surface area (Å²) in [5.41, 5.74) is 1.18. The number of hydrogen-bond donors (Lipinski definition) is 1. The lowest BCUT2D eigenvalue weighted by molar-refractivity contribution is -0.119. The van der Waals surface area contributed by atoms with E-state index >= 15 is 0 Å². The van der Waals surface area contributed by atoms with Crippen LogP contribution in [-0.2, 0) is 18.4 Å². The van der Waals surface area contributed by atoms with Crippen LogP contribution in [-0.4, -0.2) is 27.5 Å². The minimum absolute atomic E-state index is 0.109. The Balaban J connectivity index is 1.52. The second-order valence-electron chi connectivity index (χ2n) is 6.27. The Labute approximate surface area is 156 Å². The summed E-state index contributed by atoms with van der Waals surface area (Å²) in [4.78, 5) is 17.6. The Morgan fingerprint density at radius 1 is 1.32 bits per heavy atom. The summed E-state index contributed by atoms with van der Waals surface area (Å²) in [5.74, 6) is 0.528. The van der Waals surface area contributed by atoms with Crippen LogP contribution in [0.15, 0.2) is 39.7 Å². The van der Waals surface area contributed by atoms with Gasteiger partial charge in [-0.3, -0.25) is 9.79 Å². The molecule has 1 fully saturated rings. The van der Waals surface area contributed by atoms with E-state index in [-0.39, 0.29) is 5.91 Å². The van der Waals surface area contributed by atoms with Gasteiger partial charge in [-0.2, -0.15) is 5.10 Å². The van der Waals surface area contributed by atoms with E-state index in [1.807, 2.05) is 25.2 Å². The second kappa shape index (κ2) is 9.20. The van der Waals surface area contributed by atoms with Crippen LogP contribution >= 0.6 is 23.1 Å². The van der Waals surface area contributed by atoms with Crippen LogP contribution in [0.2, 0.25) is 0 Å². The normalized spacial score (nSPS) is 16.1. The van der Waals surface area contributed by atoms with Crippen molar-refractivity contribution in [2.45, 2.75) is 49.0 Å². The van der Waals surface area contributed by atoms with E-state index in [1.165, 1.54) is 47.9 Å². The molecule has 0 radical (unpaired) electrons. The highest BCUT2D eigenvalue weighted by atomic mass is 32.2. The minimum Gasteiger partial charge on any atom is -0.353 e. The van der Waals surface area contributed by atoms with E-state index in [4.69, 9.17) is 0 Å². The highest BCUT2D eigenvalue weighted by Gasteiger charge is 2.16. The number of carbonyl (C=O) groups excluding carboxylic acids is 1. The fourth-order valence-corrected chi connectivity index (χ4v) is 4.68. The molecule has 1 aliphatic carbocycles. The third-order valence-corrected chi connectivity index (χ3v) is 6.39. The van der Waals surface area contributed by atoms with Gasteiger partial charge in [0, 0.05) is 13.1 Å². The molecular formula is C18H24N4OS2. The summed E-state index contributed by atoms with van der Waals surface area (Å²) in [6.45, 7) is 0.642. The van der Waals surface area contributed by atoms with E-state index in [2.05, 4.69) is 27.5 Å². The molecule has 1 aliphatic rings. The number of aromatic nitrogens is 2. The summed E-state index contributed by atoms with van der Waals surface area (Å²) in [6, 6.07) is 10.5. The van der Waals surface area contributed by atoms with Gasteiger partial charge in [-0.25, -0.2) is 4.68 Å². The lowest BCUT2D eigenvalue weighted by Crippen LogP contribution is -2.37. The van der Waals surface area contributed by atoms with Crippen LogP contribution in [0.25, 0.3) is 0 Å². The fourth-order valence-electron chi connectivity index (χ4n) is 2.91. The number of nitrogens with zero attached hydrogens (tertiary/aromatic N) is 3. The molecular weight excluding hydrogens is 352 g/mol. The van der Waals surface area contributed by atoms with E-state index in [9.17, 15) is 4.79 Å². The molecule has 0 saturated heterocycles. The van der Waals surface area contributed by atoms with Gasteiger partial charge in [-0.15, -0.1) is 0 Å². The van der Waals surface area contributed by atoms with Gasteiger partial charge >= 0.3 is 0 Å². The number of thioether (sulfide) groups is 1. The number of aryl methyl sites for hydroxylation is 1. The van der Waals surface area contributed by atoms with Crippen molar-refractivity contribution in [2.75, 3.05) is 5.75 Å². The van der Waals surface area contributed by atoms with Crippen molar-refractivity contribution in [1.29, 1.82) is 0 Å². The van der Waals surface area contributed by atoms with Crippen molar-refractivity contribution >= 4 is 29.0 Å². The van der Waals surface area contributed by atoms with Gasteiger partial charge in [0.2, 0.25) is 10.7 Å². The molecule has 25 heavy (non-hydrogen) atoms. The van der Waals surface area contributed by atoms with Gasteiger partial charge in [0.05, 0.1) is 12.3 Å². The SMILES string of the molecule is Cn1nc(SCC(=O)NC2CCCCC2)sc1=NCc1ccccc1. The van der Waals surface area contributed by atoms with E-state index in [0.717, 1.165) is 22.0 Å². The zero-order valence-electron chi connectivity index (χ0n) is 14.5. The Bertz CT molecular complexity index is 748. The summed E-state index contributed by atoms with van der Waals surface area (Å²) in [6.07, 6.45) is 5.99. The van der Waals surface area contributed by atoms with Crippen molar-refractivity contribution in [2.24, 2.45) is 12.0 Å². The Hall–Kier alpha value is -1.60. The summed E-state index contributed by atoms with van der Waals surface area (Å²) in [7, 11) is 1.90. The zero-order chi connectivity index (χ0) is 17.5. The highest BCUT2D eigenvalue weighted by molar-refractivity contribution is 8.01. The standard InChI is InChI=1S/C18H24N4OS2/c1-22-17(19-12-14-8-4-2-5-9-14)25-18(21-22)24-13-16(23)20-15-10-6-3-7-11-15/h2,4-5,8-9,15H,3,6-7,10-13H2,1H3,(H,20,23). The van der Waals surface area contributed by atoms with Gasteiger partial charge < -0.3 is 5.32 Å². The summed E-state index contributed by atoms with van der Waals surface area (Å²) in [5, 5.41) is 7.61. The third-order valence-electron chi connectivity index (χ3n) is 4.22. The number of nitrogens with one attached hydrogen (secondary N) is 1. The maximum atomic E-state index is 12.1. The maximum absolute atomic E-state index is 12.1. The average Bonchev–Trinajstić information content (AvgIpc) is 3.00. The number of carbonyl (C=O) groups is 1. The molecule has 3 rings (SSSR count). The highest BCUT2D eigenvalue weighted by Crippen LogP contribution is 2.19. The zero-order valence-corrected chi connectivity index (χ0v) is 16.1. The van der Waals surface area contributed by atoms with Gasteiger partial charge in [0.15, 0.2) is 4.34 Å². The first-order chi connectivity index (χ1) is 12.2. The maximum Gasteiger partial charge on any atom is 0.230 e. The predicted octanol–water partition coefficient (Wildman–Crippen LogP) is 3.12. The number of hydrogen-bond acceptors (Lipinski definition) is 5. The van der Waals surface area contributed by atoms with Crippen LogP contribution in [0.3, 0.4) is 0 Å². The minimum atomic E-state index is 0.109. The molecule has 1 aromatic carbocycles. The van der Waals surface area contributed by atoms with Crippen molar-refractivity contribution in [3.63, 3.8) is 0 Å². The Morgan fingerprint density at radius 2 is 2.08 bits per heavy atom. The molecule has 1 heterocycles. The van der Waals surface area contributed by atoms with Crippen molar-refractivity contribution in [1.82, 2.24) is 15.1 Å². The molecule has 0 spiro atoms. The molecule has 1 N–H and O–H groups in total. The monoisotopic (exact) mass is 376 g/mol. The van der Waals surface area contributed by atoms with Crippen molar-refractivity contribution < 1.29 is 4.79 Å². The molecule has 2 aromatic rings. The van der Waals surface area contributed by atoms with Crippen LogP contribution in [0.5, 0.6) is 0 Å². The van der Waals surface area contributed by atoms with Gasteiger partial charge in [-0.1, -0.05) is 72.7 Å². The Kier molecular flexibility index (Phi) is 6.69. The van der Waals surface area contributed by atoms with E-state index in [0.29, 0.717) is 18.3 Å². The lowest BCUT2D eigenvalue weighted by atomic mass is 9.95. The van der Waals surface area contributed by atoms with E-state index < -0.39 is 0 Å². The van der Waals surface area contributed by atoms with Crippen molar-refractivity contribution in [3.05, 3.63) is 40.7 Å². The Morgan fingerprint density at radius 3 is 2.84 bits per heavy atom. The molecule has 0 unspecified atom stereocenters. The van der Waals surface area contributed by atoms with Gasteiger partial charge in [-0.05, 0) is 18.4 Å². The fraction of sp³-hybridized carbons (Fsp3) is 0.500. The molecule has 0 bridgehead atoms. The molecule has 134 valence electrons. The molecule has 7 heteroatoms. The average molecular weight is 377 g/mol. The molecule has 1 saturated carbocycles. The largest absolute Gasteiger partial charge is 0.353 e. The van der Waals surface area contributed by atoms with Gasteiger partial charge in [0.25, 0.3) is 0 Å². The van der Waals surface area contributed by atoms with Crippen LogP contribution in [0.4, 0.5) is 0 Å². The molecule has 1 aromatic heterocycles. The first-order valence-corrected chi connectivity index (χ1v) is 10.5. The van der Waals surface area contributed by atoms with Crippen LogP contribution < -0.4 is 10.1 Å². The number of rotatable bonds is 6. The number of amides is 1. The first-order valence-electron chi connectivity index (χ1n) is 8.71. The lowest BCUT2D eigenvalue weighted by Gasteiger charge is -2.22. The van der Waals surface area contributed by atoms with Crippen LogP contribution in [0.1, 0.15) is 37.7 Å². The van der Waals surface area contributed by atoms with E-state index in [1.54, 1.807) is 4.68 Å². The smallest absolute Gasteiger partial charge is 0.230 e.